The van der Waals surface area contributed by atoms with Gasteiger partial charge in [-0.25, -0.2) is 4.98 Å². The van der Waals surface area contributed by atoms with Crippen molar-refractivity contribution in [2.24, 2.45) is 5.10 Å². The largest absolute Gasteiger partial charge is 0.496 e. The lowest BCUT2D eigenvalue weighted by Gasteiger charge is -2.10. The van der Waals surface area contributed by atoms with Crippen LogP contribution in [0.3, 0.4) is 0 Å². The van der Waals surface area contributed by atoms with E-state index in [9.17, 15) is 4.79 Å². The molecular formula is C27H21N3O6. The van der Waals surface area contributed by atoms with Crippen molar-refractivity contribution in [3.05, 3.63) is 76.6 Å². The average molecular weight is 483 g/mol. The van der Waals surface area contributed by atoms with Crippen molar-refractivity contribution in [1.82, 2.24) is 9.66 Å². The van der Waals surface area contributed by atoms with Gasteiger partial charge >= 0.3 is 0 Å². The zero-order valence-electron chi connectivity index (χ0n) is 19.6. The number of methoxy groups -OCH3 is 1. The van der Waals surface area contributed by atoms with Crippen molar-refractivity contribution < 1.29 is 23.4 Å². The van der Waals surface area contributed by atoms with Gasteiger partial charge in [-0.05, 0) is 43.3 Å². The highest BCUT2D eigenvalue weighted by Crippen LogP contribution is 2.38. The second-order valence-corrected chi connectivity index (χ2v) is 7.97. The first-order chi connectivity index (χ1) is 17.7. The molecule has 5 aromatic rings. The molecule has 0 radical (unpaired) electrons. The lowest BCUT2D eigenvalue weighted by molar-refractivity contribution is 0.174. The smallest absolute Gasteiger partial charge is 0.282 e. The lowest BCUT2D eigenvalue weighted by atomic mass is 10.2. The molecule has 9 heteroatoms. The second-order valence-electron chi connectivity index (χ2n) is 7.97. The Morgan fingerprint density at radius 2 is 1.86 bits per heavy atom. The van der Waals surface area contributed by atoms with Crippen LogP contribution in [0.5, 0.6) is 23.0 Å². The molecule has 0 N–H and O–H groups in total. The summed E-state index contributed by atoms with van der Waals surface area (Å²) in [6.07, 6.45) is 1.54. The first-order valence-electron chi connectivity index (χ1n) is 11.4. The number of para-hydroxylation sites is 1. The Kier molecular flexibility index (Phi) is 5.29. The number of aromatic nitrogens is 2. The first kappa shape index (κ1) is 21.7. The van der Waals surface area contributed by atoms with Crippen molar-refractivity contribution in [2.75, 3.05) is 20.5 Å². The maximum absolute atomic E-state index is 13.5. The third-order valence-electron chi connectivity index (χ3n) is 5.83. The molecule has 6 rings (SSSR count). The summed E-state index contributed by atoms with van der Waals surface area (Å²) >= 11 is 0. The Hall–Kier alpha value is -4.79. The SMILES string of the molecule is CCOc1cc2c(cc1C=Nn1c(-c3cc4c(OC)cccc4o3)nc3ccccc3c1=O)OCO2. The van der Waals surface area contributed by atoms with Gasteiger partial charge in [-0.15, -0.1) is 0 Å². The van der Waals surface area contributed by atoms with E-state index in [1.807, 2.05) is 31.2 Å². The molecule has 3 aromatic carbocycles. The molecule has 0 bridgehead atoms. The Labute approximate surface area is 205 Å². The summed E-state index contributed by atoms with van der Waals surface area (Å²) in [4.78, 5) is 18.3. The summed E-state index contributed by atoms with van der Waals surface area (Å²) in [5.74, 6) is 3.02. The fourth-order valence-electron chi connectivity index (χ4n) is 4.15. The third-order valence-corrected chi connectivity index (χ3v) is 5.83. The Balaban J connectivity index is 1.55. The van der Waals surface area contributed by atoms with Gasteiger partial charge in [0.1, 0.15) is 17.1 Å². The molecule has 2 aromatic heterocycles. The minimum atomic E-state index is -0.335. The van der Waals surface area contributed by atoms with E-state index in [2.05, 4.69) is 5.10 Å². The van der Waals surface area contributed by atoms with E-state index in [1.165, 1.54) is 10.9 Å². The minimum Gasteiger partial charge on any atom is -0.496 e. The standard InChI is InChI=1S/C27H21N3O6/c1-3-33-22-13-24-23(34-15-35-24)11-16(22)14-28-30-26(29-19-8-5-4-7-17(19)27(30)31)25-12-18-20(32-2)9-6-10-21(18)36-25/h4-14H,3,15H2,1-2H3. The van der Waals surface area contributed by atoms with Gasteiger partial charge in [0.25, 0.3) is 5.56 Å². The predicted molar refractivity (Wildman–Crippen MR) is 134 cm³/mol. The molecule has 0 saturated carbocycles. The van der Waals surface area contributed by atoms with Crippen molar-refractivity contribution in [1.29, 1.82) is 0 Å². The molecular weight excluding hydrogens is 462 g/mol. The van der Waals surface area contributed by atoms with Crippen LogP contribution in [0.2, 0.25) is 0 Å². The highest BCUT2D eigenvalue weighted by atomic mass is 16.7. The molecule has 180 valence electrons. The van der Waals surface area contributed by atoms with Crippen molar-refractivity contribution in [2.45, 2.75) is 6.92 Å². The van der Waals surface area contributed by atoms with E-state index in [4.69, 9.17) is 28.3 Å². The van der Waals surface area contributed by atoms with Gasteiger partial charge in [0.05, 0.1) is 36.2 Å². The van der Waals surface area contributed by atoms with Crippen LogP contribution in [-0.2, 0) is 0 Å². The summed E-state index contributed by atoms with van der Waals surface area (Å²) in [6, 6.07) is 17.9. The summed E-state index contributed by atoms with van der Waals surface area (Å²) in [7, 11) is 1.59. The molecule has 0 aliphatic carbocycles. The van der Waals surface area contributed by atoms with Crippen molar-refractivity contribution in [3.63, 3.8) is 0 Å². The molecule has 1 aliphatic heterocycles. The number of nitrogens with zero attached hydrogens (tertiary/aromatic N) is 3. The number of benzene rings is 3. The van der Waals surface area contributed by atoms with Gasteiger partial charge in [-0.2, -0.15) is 9.78 Å². The molecule has 0 unspecified atom stereocenters. The molecule has 0 amide bonds. The van der Waals surface area contributed by atoms with E-state index >= 15 is 0 Å². The van der Waals surface area contributed by atoms with E-state index in [0.717, 1.165) is 5.39 Å². The second kappa shape index (κ2) is 8.77. The van der Waals surface area contributed by atoms with Crippen LogP contribution in [0, 0.1) is 0 Å². The number of hydrogen-bond donors (Lipinski definition) is 0. The van der Waals surface area contributed by atoms with Gasteiger partial charge < -0.3 is 23.4 Å². The Bertz CT molecular complexity index is 1700. The summed E-state index contributed by atoms with van der Waals surface area (Å²) in [5.41, 5.74) is 1.43. The normalized spacial score (nSPS) is 12.6. The van der Waals surface area contributed by atoms with E-state index in [-0.39, 0.29) is 18.2 Å². The van der Waals surface area contributed by atoms with Crippen LogP contribution in [0.25, 0.3) is 33.5 Å². The molecule has 0 saturated heterocycles. The monoisotopic (exact) mass is 483 g/mol. The minimum absolute atomic E-state index is 0.134. The highest BCUT2D eigenvalue weighted by Gasteiger charge is 2.20. The number of hydrogen-bond acceptors (Lipinski definition) is 8. The molecule has 0 fully saturated rings. The number of fused-ring (bicyclic) bond motifs is 3. The van der Waals surface area contributed by atoms with Crippen LogP contribution < -0.4 is 24.5 Å². The maximum atomic E-state index is 13.5. The topological polar surface area (TPSA) is 97.3 Å². The van der Waals surface area contributed by atoms with Crippen LogP contribution in [-0.4, -0.2) is 36.4 Å². The first-order valence-corrected chi connectivity index (χ1v) is 11.4. The molecule has 0 atom stereocenters. The van der Waals surface area contributed by atoms with Crippen LogP contribution in [0.4, 0.5) is 0 Å². The van der Waals surface area contributed by atoms with Gasteiger partial charge in [0.2, 0.25) is 12.6 Å². The fourth-order valence-corrected chi connectivity index (χ4v) is 4.15. The Morgan fingerprint density at radius 3 is 2.69 bits per heavy atom. The molecule has 9 nitrogen and oxygen atoms in total. The third kappa shape index (κ3) is 3.61. The Morgan fingerprint density at radius 1 is 1.03 bits per heavy atom. The molecule has 1 aliphatic rings. The van der Waals surface area contributed by atoms with E-state index < -0.39 is 0 Å². The number of furan rings is 1. The summed E-state index contributed by atoms with van der Waals surface area (Å²) in [5, 5.41) is 5.73. The molecule has 0 spiro atoms. The maximum Gasteiger partial charge on any atom is 0.282 e. The van der Waals surface area contributed by atoms with Crippen LogP contribution in [0.15, 0.2) is 75.0 Å². The van der Waals surface area contributed by atoms with Gasteiger partial charge in [-0.3, -0.25) is 4.79 Å². The predicted octanol–water partition coefficient (Wildman–Crippen LogP) is 4.83. The number of ether oxygens (including phenoxy) is 4. The van der Waals surface area contributed by atoms with E-state index in [0.29, 0.717) is 57.4 Å². The summed E-state index contributed by atoms with van der Waals surface area (Å²) in [6.45, 7) is 2.47. The van der Waals surface area contributed by atoms with E-state index in [1.54, 1.807) is 43.5 Å². The van der Waals surface area contributed by atoms with Crippen LogP contribution >= 0.6 is 0 Å². The van der Waals surface area contributed by atoms with Crippen molar-refractivity contribution in [3.8, 4) is 34.6 Å². The van der Waals surface area contributed by atoms with Gasteiger partial charge in [-0.1, -0.05) is 18.2 Å². The average Bonchev–Trinajstić information content (AvgIpc) is 3.54. The van der Waals surface area contributed by atoms with Gasteiger partial charge in [0.15, 0.2) is 17.3 Å². The molecule has 36 heavy (non-hydrogen) atoms. The highest BCUT2D eigenvalue weighted by molar-refractivity contribution is 5.89. The number of rotatable bonds is 6. The quantitative estimate of drug-likeness (QED) is 0.319. The zero-order valence-corrected chi connectivity index (χ0v) is 19.6. The van der Waals surface area contributed by atoms with Gasteiger partial charge in [0, 0.05) is 11.6 Å². The zero-order chi connectivity index (χ0) is 24.6. The summed E-state index contributed by atoms with van der Waals surface area (Å²) < 4.78 is 29.5. The van der Waals surface area contributed by atoms with Crippen molar-refractivity contribution >= 4 is 28.1 Å². The lowest BCUT2D eigenvalue weighted by Crippen LogP contribution is -2.20. The fraction of sp³-hybridized carbons (Fsp3) is 0.148. The molecule has 3 heterocycles. The van der Waals surface area contributed by atoms with Crippen LogP contribution in [0.1, 0.15) is 12.5 Å².